The SMILES string of the molecule is OC(CNC1C2CC3CC(C2)CC1C3)COCC1CC1. The van der Waals surface area contributed by atoms with Crippen LogP contribution in [0.5, 0.6) is 0 Å². The Morgan fingerprint density at radius 3 is 2.25 bits per heavy atom. The zero-order valence-electron chi connectivity index (χ0n) is 12.5. The van der Waals surface area contributed by atoms with Gasteiger partial charge in [-0.3, -0.25) is 0 Å². The Balaban J connectivity index is 1.21. The molecule has 5 aliphatic carbocycles. The molecule has 5 fully saturated rings. The number of aliphatic hydroxyl groups excluding tert-OH is 1. The second kappa shape index (κ2) is 5.58. The number of rotatable bonds is 7. The van der Waals surface area contributed by atoms with Crippen LogP contribution >= 0.6 is 0 Å². The topological polar surface area (TPSA) is 41.5 Å². The fourth-order valence-electron chi connectivity index (χ4n) is 5.24. The lowest BCUT2D eigenvalue weighted by molar-refractivity contribution is -0.0230. The summed E-state index contributed by atoms with van der Waals surface area (Å²) in [6.07, 6.45) is 9.60. The van der Waals surface area contributed by atoms with Gasteiger partial charge in [0.15, 0.2) is 0 Å². The summed E-state index contributed by atoms with van der Waals surface area (Å²) in [7, 11) is 0. The van der Waals surface area contributed by atoms with Gasteiger partial charge in [-0.05, 0) is 74.5 Å². The Hall–Kier alpha value is -0.120. The van der Waals surface area contributed by atoms with E-state index in [1.165, 1.54) is 44.9 Å². The summed E-state index contributed by atoms with van der Waals surface area (Å²) in [6, 6.07) is 0.681. The fraction of sp³-hybridized carbons (Fsp3) is 1.00. The average molecular weight is 279 g/mol. The molecular weight excluding hydrogens is 250 g/mol. The number of ether oxygens (including phenoxy) is 1. The van der Waals surface area contributed by atoms with Gasteiger partial charge in [-0.2, -0.15) is 0 Å². The van der Waals surface area contributed by atoms with Gasteiger partial charge in [0.2, 0.25) is 0 Å². The predicted octanol–water partition coefficient (Wildman–Crippen LogP) is 2.19. The summed E-state index contributed by atoms with van der Waals surface area (Å²) >= 11 is 0. The van der Waals surface area contributed by atoms with Crippen LogP contribution in [-0.2, 0) is 4.74 Å². The number of nitrogens with one attached hydrogen (secondary N) is 1. The number of hydrogen-bond donors (Lipinski definition) is 2. The summed E-state index contributed by atoms with van der Waals surface area (Å²) in [4.78, 5) is 0. The van der Waals surface area contributed by atoms with Gasteiger partial charge in [0.1, 0.15) is 0 Å². The standard InChI is InChI=1S/C17H29NO2/c19-16(10-20-9-11-1-2-11)8-18-17-14-4-12-3-13(6-14)7-15(17)5-12/h11-19H,1-10H2. The van der Waals surface area contributed by atoms with E-state index in [1.54, 1.807) is 0 Å². The highest BCUT2D eigenvalue weighted by Gasteiger charge is 2.47. The molecule has 1 unspecified atom stereocenters. The molecule has 114 valence electrons. The monoisotopic (exact) mass is 279 g/mol. The molecule has 3 nitrogen and oxygen atoms in total. The minimum Gasteiger partial charge on any atom is -0.389 e. The van der Waals surface area contributed by atoms with Crippen molar-refractivity contribution in [3.05, 3.63) is 0 Å². The van der Waals surface area contributed by atoms with E-state index < -0.39 is 0 Å². The summed E-state index contributed by atoms with van der Waals surface area (Å²) < 4.78 is 5.59. The smallest absolute Gasteiger partial charge is 0.0897 e. The quantitative estimate of drug-likeness (QED) is 0.750. The first-order valence-corrected chi connectivity index (χ1v) is 8.77. The van der Waals surface area contributed by atoms with Crippen LogP contribution in [0.4, 0.5) is 0 Å². The Labute approximate surface area is 122 Å². The van der Waals surface area contributed by atoms with E-state index in [-0.39, 0.29) is 6.10 Å². The van der Waals surface area contributed by atoms with Crippen LogP contribution in [0.3, 0.4) is 0 Å². The van der Waals surface area contributed by atoms with E-state index in [4.69, 9.17) is 4.74 Å². The van der Waals surface area contributed by atoms with Crippen molar-refractivity contribution in [2.24, 2.45) is 29.6 Å². The summed E-state index contributed by atoms with van der Waals surface area (Å²) in [5, 5.41) is 13.7. The van der Waals surface area contributed by atoms with Gasteiger partial charge in [-0.1, -0.05) is 0 Å². The Kier molecular flexibility index (Phi) is 3.78. The first-order chi connectivity index (χ1) is 9.78. The van der Waals surface area contributed by atoms with Crippen molar-refractivity contribution in [2.75, 3.05) is 19.8 Å². The first-order valence-electron chi connectivity index (χ1n) is 8.77. The molecule has 1 atom stereocenters. The lowest BCUT2D eigenvalue weighted by Crippen LogP contribution is -2.55. The van der Waals surface area contributed by atoms with Crippen molar-refractivity contribution in [1.82, 2.24) is 5.32 Å². The molecule has 0 radical (unpaired) electrons. The van der Waals surface area contributed by atoms with Crippen LogP contribution in [-0.4, -0.2) is 37.0 Å². The van der Waals surface area contributed by atoms with Gasteiger partial charge in [0, 0.05) is 19.2 Å². The molecule has 5 aliphatic rings. The predicted molar refractivity (Wildman–Crippen MR) is 78.4 cm³/mol. The third kappa shape index (κ3) is 2.90. The molecule has 0 spiro atoms. The minimum absolute atomic E-state index is 0.328. The zero-order valence-corrected chi connectivity index (χ0v) is 12.5. The summed E-state index contributed by atoms with van der Waals surface area (Å²) in [5.41, 5.74) is 0. The second-order valence-corrected chi connectivity index (χ2v) is 8.00. The van der Waals surface area contributed by atoms with E-state index in [0.717, 1.165) is 42.7 Å². The maximum atomic E-state index is 10.0. The van der Waals surface area contributed by atoms with Crippen LogP contribution in [0.25, 0.3) is 0 Å². The van der Waals surface area contributed by atoms with E-state index in [0.29, 0.717) is 12.6 Å². The van der Waals surface area contributed by atoms with Crippen LogP contribution in [0.1, 0.15) is 44.9 Å². The van der Waals surface area contributed by atoms with Gasteiger partial charge in [0.25, 0.3) is 0 Å². The highest BCUT2D eigenvalue weighted by molar-refractivity contribution is 5.01. The van der Waals surface area contributed by atoms with Crippen molar-refractivity contribution in [2.45, 2.75) is 57.1 Å². The summed E-state index contributed by atoms with van der Waals surface area (Å²) in [6.45, 7) is 2.09. The first kappa shape index (κ1) is 13.5. The van der Waals surface area contributed by atoms with Crippen molar-refractivity contribution in [1.29, 1.82) is 0 Å². The summed E-state index contributed by atoms with van der Waals surface area (Å²) in [5.74, 6) is 4.64. The van der Waals surface area contributed by atoms with Crippen molar-refractivity contribution in [3.8, 4) is 0 Å². The molecule has 0 aromatic carbocycles. The highest BCUT2D eigenvalue weighted by Crippen LogP contribution is 2.53. The third-order valence-corrected chi connectivity index (χ3v) is 6.18. The van der Waals surface area contributed by atoms with Crippen molar-refractivity contribution < 1.29 is 9.84 Å². The van der Waals surface area contributed by atoms with Crippen LogP contribution < -0.4 is 5.32 Å². The van der Waals surface area contributed by atoms with Crippen LogP contribution in [0, 0.1) is 29.6 Å². The molecule has 0 aromatic rings. The normalized spacial score (nSPS) is 44.0. The maximum Gasteiger partial charge on any atom is 0.0897 e. The molecule has 0 saturated heterocycles. The minimum atomic E-state index is -0.328. The Bertz CT molecular complexity index is 314. The van der Waals surface area contributed by atoms with Gasteiger partial charge >= 0.3 is 0 Å². The molecule has 2 N–H and O–H groups in total. The molecule has 5 rings (SSSR count). The molecule has 0 heterocycles. The van der Waals surface area contributed by atoms with Crippen LogP contribution in [0.15, 0.2) is 0 Å². The lowest BCUT2D eigenvalue weighted by atomic mass is 9.54. The van der Waals surface area contributed by atoms with Crippen molar-refractivity contribution in [3.63, 3.8) is 0 Å². The molecule has 0 amide bonds. The van der Waals surface area contributed by atoms with Crippen LogP contribution in [0.2, 0.25) is 0 Å². The molecule has 20 heavy (non-hydrogen) atoms. The Morgan fingerprint density at radius 2 is 1.65 bits per heavy atom. The van der Waals surface area contributed by atoms with Gasteiger partial charge in [0.05, 0.1) is 12.7 Å². The fourth-order valence-corrected chi connectivity index (χ4v) is 5.24. The molecule has 0 aliphatic heterocycles. The van der Waals surface area contributed by atoms with Gasteiger partial charge in [-0.25, -0.2) is 0 Å². The highest BCUT2D eigenvalue weighted by atomic mass is 16.5. The van der Waals surface area contributed by atoms with Crippen molar-refractivity contribution >= 4 is 0 Å². The maximum absolute atomic E-state index is 10.0. The molecule has 4 bridgehead atoms. The van der Waals surface area contributed by atoms with E-state index >= 15 is 0 Å². The molecular formula is C17H29NO2. The molecule has 0 aromatic heterocycles. The van der Waals surface area contributed by atoms with E-state index in [9.17, 15) is 5.11 Å². The number of aliphatic hydroxyl groups is 1. The Morgan fingerprint density at radius 1 is 1.00 bits per heavy atom. The second-order valence-electron chi connectivity index (χ2n) is 8.00. The number of hydrogen-bond acceptors (Lipinski definition) is 3. The zero-order chi connectivity index (χ0) is 13.5. The van der Waals surface area contributed by atoms with Gasteiger partial charge < -0.3 is 15.2 Å². The van der Waals surface area contributed by atoms with Gasteiger partial charge in [-0.15, -0.1) is 0 Å². The van der Waals surface area contributed by atoms with E-state index in [1.807, 2.05) is 0 Å². The third-order valence-electron chi connectivity index (χ3n) is 6.18. The molecule has 3 heteroatoms. The lowest BCUT2D eigenvalue weighted by Gasteiger charge is -2.54. The van der Waals surface area contributed by atoms with E-state index in [2.05, 4.69) is 5.32 Å². The largest absolute Gasteiger partial charge is 0.389 e. The average Bonchev–Trinajstić information content (AvgIpc) is 3.21. The molecule has 5 saturated carbocycles.